The first-order chi connectivity index (χ1) is 10.3. The fraction of sp³-hybridized carbons (Fsp3) is 0.333. The minimum absolute atomic E-state index is 0.679. The molecule has 2 heterocycles. The SMILES string of the molecule is COc1cnc(N2CCN(c3ccc(Cl)cc3)CC2)nc1. The topological polar surface area (TPSA) is 41.5 Å². The van der Waals surface area contributed by atoms with Gasteiger partial charge in [0, 0.05) is 36.9 Å². The third kappa shape index (κ3) is 3.19. The maximum atomic E-state index is 5.92. The van der Waals surface area contributed by atoms with Gasteiger partial charge in [-0.1, -0.05) is 11.6 Å². The van der Waals surface area contributed by atoms with Gasteiger partial charge in [0.15, 0.2) is 5.75 Å². The highest BCUT2D eigenvalue weighted by Gasteiger charge is 2.19. The Morgan fingerprint density at radius 3 is 2.10 bits per heavy atom. The number of halogens is 1. The van der Waals surface area contributed by atoms with Gasteiger partial charge in [0.1, 0.15) is 0 Å². The molecule has 3 rings (SSSR count). The molecular formula is C15H17ClN4O. The van der Waals surface area contributed by atoms with Crippen molar-refractivity contribution in [2.45, 2.75) is 0 Å². The molecule has 110 valence electrons. The van der Waals surface area contributed by atoms with Gasteiger partial charge in [0.2, 0.25) is 5.95 Å². The Hall–Kier alpha value is -2.01. The van der Waals surface area contributed by atoms with E-state index in [2.05, 4.69) is 31.9 Å². The van der Waals surface area contributed by atoms with E-state index < -0.39 is 0 Å². The standard InChI is InChI=1S/C15H17ClN4O/c1-21-14-10-17-15(18-11-14)20-8-6-19(7-9-20)13-4-2-12(16)3-5-13/h2-5,10-11H,6-9H2,1H3. The van der Waals surface area contributed by atoms with Crippen molar-refractivity contribution in [3.8, 4) is 5.75 Å². The van der Waals surface area contributed by atoms with Crippen molar-refractivity contribution in [1.29, 1.82) is 0 Å². The Bertz CT molecular complexity index is 580. The minimum Gasteiger partial charge on any atom is -0.494 e. The van der Waals surface area contributed by atoms with Gasteiger partial charge in [-0.3, -0.25) is 0 Å². The minimum atomic E-state index is 0.679. The number of benzene rings is 1. The molecule has 0 radical (unpaired) electrons. The molecule has 0 unspecified atom stereocenters. The van der Waals surface area contributed by atoms with E-state index in [9.17, 15) is 0 Å². The summed E-state index contributed by atoms with van der Waals surface area (Å²) in [6.45, 7) is 3.68. The predicted molar refractivity (Wildman–Crippen MR) is 84.5 cm³/mol. The van der Waals surface area contributed by atoms with Crippen LogP contribution in [0, 0.1) is 0 Å². The molecule has 0 atom stereocenters. The molecule has 0 amide bonds. The van der Waals surface area contributed by atoms with Crippen LogP contribution in [0.3, 0.4) is 0 Å². The summed E-state index contributed by atoms with van der Waals surface area (Å²) >= 11 is 5.92. The summed E-state index contributed by atoms with van der Waals surface area (Å²) < 4.78 is 5.08. The normalized spacial score (nSPS) is 15.1. The molecule has 5 nitrogen and oxygen atoms in total. The van der Waals surface area contributed by atoms with Gasteiger partial charge in [-0.05, 0) is 24.3 Å². The van der Waals surface area contributed by atoms with E-state index in [1.807, 2.05) is 12.1 Å². The maximum Gasteiger partial charge on any atom is 0.225 e. The number of anilines is 2. The van der Waals surface area contributed by atoms with Crippen LogP contribution in [0.5, 0.6) is 5.75 Å². The van der Waals surface area contributed by atoms with Crippen LogP contribution in [-0.2, 0) is 0 Å². The summed E-state index contributed by atoms with van der Waals surface area (Å²) in [5, 5.41) is 0.768. The Morgan fingerprint density at radius 1 is 0.952 bits per heavy atom. The van der Waals surface area contributed by atoms with E-state index in [-0.39, 0.29) is 0 Å². The summed E-state index contributed by atoms with van der Waals surface area (Å²) in [7, 11) is 1.61. The van der Waals surface area contributed by atoms with Crippen molar-refractivity contribution in [2.24, 2.45) is 0 Å². The Morgan fingerprint density at radius 2 is 1.52 bits per heavy atom. The number of nitrogens with zero attached hydrogens (tertiary/aromatic N) is 4. The van der Waals surface area contributed by atoms with E-state index in [0.717, 1.165) is 37.1 Å². The first kappa shape index (κ1) is 13.9. The van der Waals surface area contributed by atoms with Crippen LogP contribution in [0.4, 0.5) is 11.6 Å². The summed E-state index contributed by atoms with van der Waals surface area (Å²) in [5.74, 6) is 1.44. The quantitative estimate of drug-likeness (QED) is 0.871. The Labute approximate surface area is 129 Å². The van der Waals surface area contributed by atoms with Crippen LogP contribution < -0.4 is 14.5 Å². The van der Waals surface area contributed by atoms with E-state index in [0.29, 0.717) is 5.75 Å². The highest BCUT2D eigenvalue weighted by atomic mass is 35.5. The zero-order valence-corrected chi connectivity index (χ0v) is 12.6. The highest BCUT2D eigenvalue weighted by Crippen LogP contribution is 2.21. The second kappa shape index (κ2) is 6.18. The number of hydrogen-bond donors (Lipinski definition) is 0. The van der Waals surface area contributed by atoms with E-state index in [1.54, 1.807) is 19.5 Å². The van der Waals surface area contributed by atoms with E-state index in [1.165, 1.54) is 5.69 Å². The molecule has 1 saturated heterocycles. The molecular weight excluding hydrogens is 288 g/mol. The number of rotatable bonds is 3. The maximum absolute atomic E-state index is 5.92. The predicted octanol–water partition coefficient (Wildman–Crippen LogP) is 2.47. The van der Waals surface area contributed by atoms with Gasteiger partial charge < -0.3 is 14.5 Å². The number of ether oxygens (including phenoxy) is 1. The smallest absolute Gasteiger partial charge is 0.225 e. The van der Waals surface area contributed by atoms with Crippen molar-refractivity contribution in [2.75, 3.05) is 43.1 Å². The van der Waals surface area contributed by atoms with Crippen LogP contribution in [0.2, 0.25) is 5.02 Å². The third-order valence-electron chi connectivity index (χ3n) is 3.60. The average molecular weight is 305 g/mol. The lowest BCUT2D eigenvalue weighted by atomic mass is 10.2. The lowest BCUT2D eigenvalue weighted by molar-refractivity contribution is 0.410. The van der Waals surface area contributed by atoms with Crippen LogP contribution in [-0.4, -0.2) is 43.3 Å². The second-order valence-corrected chi connectivity index (χ2v) is 5.31. The van der Waals surface area contributed by atoms with Gasteiger partial charge >= 0.3 is 0 Å². The van der Waals surface area contributed by atoms with Crippen molar-refractivity contribution in [3.63, 3.8) is 0 Å². The summed E-state index contributed by atoms with van der Waals surface area (Å²) in [6, 6.07) is 7.97. The third-order valence-corrected chi connectivity index (χ3v) is 3.86. The molecule has 0 aliphatic carbocycles. The molecule has 1 aromatic carbocycles. The molecule has 0 bridgehead atoms. The number of piperazine rings is 1. The Balaban J connectivity index is 1.62. The van der Waals surface area contributed by atoms with Crippen LogP contribution in [0.25, 0.3) is 0 Å². The van der Waals surface area contributed by atoms with Crippen molar-refractivity contribution < 1.29 is 4.74 Å². The molecule has 2 aromatic rings. The molecule has 1 fully saturated rings. The first-order valence-electron chi connectivity index (χ1n) is 6.88. The zero-order valence-electron chi connectivity index (χ0n) is 11.9. The zero-order chi connectivity index (χ0) is 14.7. The van der Waals surface area contributed by atoms with Crippen LogP contribution in [0.15, 0.2) is 36.7 Å². The van der Waals surface area contributed by atoms with Crippen LogP contribution in [0.1, 0.15) is 0 Å². The number of aromatic nitrogens is 2. The molecule has 0 N–H and O–H groups in total. The largest absolute Gasteiger partial charge is 0.494 e. The summed E-state index contributed by atoms with van der Waals surface area (Å²) in [6.07, 6.45) is 3.40. The monoisotopic (exact) mass is 304 g/mol. The second-order valence-electron chi connectivity index (χ2n) is 4.87. The number of hydrogen-bond acceptors (Lipinski definition) is 5. The molecule has 0 spiro atoms. The van der Waals surface area contributed by atoms with Crippen molar-refractivity contribution >= 4 is 23.2 Å². The summed E-state index contributed by atoms with van der Waals surface area (Å²) in [5.41, 5.74) is 1.20. The van der Waals surface area contributed by atoms with Gasteiger partial charge in [-0.15, -0.1) is 0 Å². The number of methoxy groups -OCH3 is 1. The average Bonchev–Trinajstić information content (AvgIpc) is 2.56. The van der Waals surface area contributed by atoms with Gasteiger partial charge in [-0.25, -0.2) is 9.97 Å². The Kier molecular flexibility index (Phi) is 4.10. The molecule has 0 saturated carbocycles. The molecule has 1 aliphatic heterocycles. The van der Waals surface area contributed by atoms with Crippen molar-refractivity contribution in [1.82, 2.24) is 9.97 Å². The molecule has 1 aliphatic rings. The van der Waals surface area contributed by atoms with Gasteiger partial charge in [0.05, 0.1) is 19.5 Å². The first-order valence-corrected chi connectivity index (χ1v) is 7.25. The highest BCUT2D eigenvalue weighted by molar-refractivity contribution is 6.30. The molecule has 21 heavy (non-hydrogen) atoms. The summed E-state index contributed by atoms with van der Waals surface area (Å²) in [4.78, 5) is 13.2. The van der Waals surface area contributed by atoms with E-state index >= 15 is 0 Å². The van der Waals surface area contributed by atoms with Gasteiger partial charge in [-0.2, -0.15) is 0 Å². The van der Waals surface area contributed by atoms with Crippen molar-refractivity contribution in [3.05, 3.63) is 41.7 Å². The molecule has 1 aromatic heterocycles. The van der Waals surface area contributed by atoms with Gasteiger partial charge in [0.25, 0.3) is 0 Å². The van der Waals surface area contributed by atoms with E-state index in [4.69, 9.17) is 16.3 Å². The van der Waals surface area contributed by atoms with Crippen LogP contribution >= 0.6 is 11.6 Å². The fourth-order valence-corrected chi connectivity index (χ4v) is 2.52. The molecule has 6 heteroatoms. The lowest BCUT2D eigenvalue weighted by Crippen LogP contribution is -2.47. The lowest BCUT2D eigenvalue weighted by Gasteiger charge is -2.36. The fourth-order valence-electron chi connectivity index (χ4n) is 2.39.